The van der Waals surface area contributed by atoms with Gasteiger partial charge in [0.2, 0.25) is 0 Å². The first kappa shape index (κ1) is 33.7. The van der Waals surface area contributed by atoms with Crippen LogP contribution in [0.1, 0.15) is 29.2 Å². The van der Waals surface area contributed by atoms with E-state index in [1.54, 1.807) is 0 Å². The second-order valence-electron chi connectivity index (χ2n) is 14.2. The summed E-state index contributed by atoms with van der Waals surface area (Å²) in [5.41, 5.74) is 18.9. The highest BCUT2D eigenvalue weighted by Gasteiger charge is 2.41. The first-order valence-electron chi connectivity index (χ1n) is 18.3. The molecule has 256 valence electrons. The van der Waals surface area contributed by atoms with Crippen molar-refractivity contribution in [3.05, 3.63) is 223 Å². The Morgan fingerprint density at radius 3 is 1.70 bits per heavy atom. The highest BCUT2D eigenvalue weighted by Crippen LogP contribution is 2.54. The number of aryl methyl sites for hydroxylation is 2. The lowest BCUT2D eigenvalue weighted by molar-refractivity contribution is 0.715. The van der Waals surface area contributed by atoms with Crippen molar-refractivity contribution in [1.82, 2.24) is 0 Å². The summed E-state index contributed by atoms with van der Waals surface area (Å²) >= 11 is 0. The molecule has 1 aliphatic carbocycles. The van der Waals surface area contributed by atoms with E-state index in [0.717, 1.165) is 22.6 Å². The van der Waals surface area contributed by atoms with Crippen LogP contribution in [-0.2, 0) is 5.41 Å². The molecule has 8 rings (SSSR count). The van der Waals surface area contributed by atoms with Crippen LogP contribution >= 0.6 is 0 Å². The van der Waals surface area contributed by atoms with Gasteiger partial charge in [0, 0.05) is 22.5 Å². The minimum atomic E-state index is -0.394. The van der Waals surface area contributed by atoms with Gasteiger partial charge in [0.05, 0.1) is 0 Å². The van der Waals surface area contributed by atoms with Gasteiger partial charge in [-0.15, -0.1) is 0 Å². The molecular formula is C52H43N. The number of nitrogens with zero attached hydrogens (tertiary/aromatic N) is 1. The first-order valence-corrected chi connectivity index (χ1v) is 18.3. The normalized spacial score (nSPS) is 14.5. The molecule has 0 spiro atoms. The van der Waals surface area contributed by atoms with Gasteiger partial charge in [-0.05, 0) is 136 Å². The largest absolute Gasteiger partial charge is 0.310 e. The summed E-state index contributed by atoms with van der Waals surface area (Å²) in [6.45, 7) is 15.2. The second kappa shape index (κ2) is 13.9. The SMILES string of the molecule is C=C/C=C\C(=C)C1(C)c2ccccc2-c2ccc(N(c3ccc(-c4ccccc4)cc3)c3ccc(-c4ccc(C)c(-c5ccccc5C)c4)cc3)cc21. The van der Waals surface area contributed by atoms with Crippen LogP contribution < -0.4 is 4.90 Å². The molecule has 0 aliphatic heterocycles. The standard InChI is InChI=1S/C52H43N/c1-6-7-16-38(4)52(5)50-21-14-13-20-47(50)48-33-32-45(35-51(48)52)53(43-28-24-40(25-29-43)39-17-9-8-10-18-39)44-30-26-41(27-31-44)42-23-22-37(3)49(34-42)46-19-12-11-15-36(46)2/h6-35H,1,4H2,2-3,5H3/b16-7-. The summed E-state index contributed by atoms with van der Waals surface area (Å²) in [6, 6.07) is 59.6. The van der Waals surface area contributed by atoms with Gasteiger partial charge in [0.25, 0.3) is 0 Å². The lowest BCUT2D eigenvalue weighted by Gasteiger charge is -2.31. The van der Waals surface area contributed by atoms with E-state index in [-0.39, 0.29) is 0 Å². The van der Waals surface area contributed by atoms with Gasteiger partial charge in [-0.3, -0.25) is 0 Å². The summed E-state index contributed by atoms with van der Waals surface area (Å²) in [7, 11) is 0. The van der Waals surface area contributed by atoms with E-state index in [2.05, 4.69) is 209 Å². The topological polar surface area (TPSA) is 3.24 Å². The average molecular weight is 682 g/mol. The molecule has 0 amide bonds. The molecule has 1 unspecified atom stereocenters. The third-order valence-electron chi connectivity index (χ3n) is 11.0. The van der Waals surface area contributed by atoms with Gasteiger partial charge in [-0.1, -0.05) is 153 Å². The van der Waals surface area contributed by atoms with E-state index in [4.69, 9.17) is 0 Å². The molecule has 7 aromatic rings. The lowest BCUT2D eigenvalue weighted by Crippen LogP contribution is -2.22. The second-order valence-corrected chi connectivity index (χ2v) is 14.2. The average Bonchev–Trinajstić information content (AvgIpc) is 3.46. The van der Waals surface area contributed by atoms with Gasteiger partial charge < -0.3 is 4.90 Å². The van der Waals surface area contributed by atoms with Gasteiger partial charge in [0.15, 0.2) is 0 Å². The Bertz CT molecular complexity index is 2500. The Morgan fingerprint density at radius 2 is 1.02 bits per heavy atom. The Kier molecular flexibility index (Phi) is 8.86. The zero-order valence-electron chi connectivity index (χ0n) is 30.7. The fourth-order valence-corrected chi connectivity index (χ4v) is 7.97. The van der Waals surface area contributed by atoms with E-state index in [1.807, 2.05) is 12.2 Å². The molecule has 0 N–H and O–H groups in total. The van der Waals surface area contributed by atoms with Crippen molar-refractivity contribution < 1.29 is 0 Å². The third-order valence-corrected chi connectivity index (χ3v) is 11.0. The number of anilines is 3. The van der Waals surface area contributed by atoms with Crippen LogP contribution in [0.2, 0.25) is 0 Å². The molecule has 0 heterocycles. The van der Waals surface area contributed by atoms with Crippen LogP contribution in [0.15, 0.2) is 201 Å². The molecule has 7 aromatic carbocycles. The summed E-state index contributed by atoms with van der Waals surface area (Å²) in [4.78, 5) is 2.37. The molecule has 0 saturated carbocycles. The molecule has 0 radical (unpaired) electrons. The zero-order valence-corrected chi connectivity index (χ0v) is 30.7. The van der Waals surface area contributed by atoms with Gasteiger partial charge >= 0.3 is 0 Å². The summed E-state index contributed by atoms with van der Waals surface area (Å²) in [5.74, 6) is 0. The van der Waals surface area contributed by atoms with Gasteiger partial charge in [-0.25, -0.2) is 0 Å². The van der Waals surface area contributed by atoms with E-state index in [1.165, 1.54) is 66.8 Å². The summed E-state index contributed by atoms with van der Waals surface area (Å²) in [5, 5.41) is 0. The van der Waals surface area contributed by atoms with Crippen LogP contribution in [0.3, 0.4) is 0 Å². The van der Waals surface area contributed by atoms with Crippen molar-refractivity contribution in [1.29, 1.82) is 0 Å². The highest BCUT2D eigenvalue weighted by atomic mass is 15.1. The zero-order chi connectivity index (χ0) is 36.5. The smallest absolute Gasteiger partial charge is 0.0465 e. The number of rotatable bonds is 9. The molecule has 1 heteroatoms. The molecule has 1 nitrogen and oxygen atoms in total. The fraction of sp³-hybridized carbons (Fsp3) is 0.0769. The van der Waals surface area contributed by atoms with E-state index in [0.29, 0.717) is 0 Å². The van der Waals surface area contributed by atoms with E-state index < -0.39 is 5.41 Å². The molecule has 0 saturated heterocycles. The Hall–Kier alpha value is -6.44. The maximum Gasteiger partial charge on any atom is 0.0465 e. The van der Waals surface area contributed by atoms with Gasteiger partial charge in [-0.2, -0.15) is 0 Å². The summed E-state index contributed by atoms with van der Waals surface area (Å²) in [6.07, 6.45) is 5.90. The third kappa shape index (κ3) is 6.05. The Labute approximate surface area is 314 Å². The van der Waals surface area contributed by atoms with Crippen LogP contribution in [0.25, 0.3) is 44.5 Å². The molecule has 53 heavy (non-hydrogen) atoms. The molecule has 0 fully saturated rings. The number of allylic oxidation sites excluding steroid dienone is 4. The molecule has 1 atom stereocenters. The molecule has 1 aliphatic rings. The van der Waals surface area contributed by atoms with Crippen molar-refractivity contribution in [3.8, 4) is 44.5 Å². The Morgan fingerprint density at radius 1 is 0.491 bits per heavy atom. The van der Waals surface area contributed by atoms with Crippen LogP contribution in [0.4, 0.5) is 17.1 Å². The minimum absolute atomic E-state index is 0.394. The number of hydrogen-bond donors (Lipinski definition) is 0. The quantitative estimate of drug-likeness (QED) is 0.137. The van der Waals surface area contributed by atoms with Crippen molar-refractivity contribution in [2.24, 2.45) is 0 Å². The van der Waals surface area contributed by atoms with Crippen molar-refractivity contribution in [3.63, 3.8) is 0 Å². The van der Waals surface area contributed by atoms with Gasteiger partial charge in [0.1, 0.15) is 0 Å². The minimum Gasteiger partial charge on any atom is -0.310 e. The van der Waals surface area contributed by atoms with Crippen LogP contribution in [0.5, 0.6) is 0 Å². The first-order chi connectivity index (χ1) is 25.9. The van der Waals surface area contributed by atoms with Crippen LogP contribution in [0, 0.1) is 13.8 Å². The number of benzene rings is 7. The summed E-state index contributed by atoms with van der Waals surface area (Å²) < 4.78 is 0. The van der Waals surface area contributed by atoms with E-state index >= 15 is 0 Å². The highest BCUT2D eigenvalue weighted by molar-refractivity contribution is 5.88. The fourth-order valence-electron chi connectivity index (χ4n) is 7.97. The molecule has 0 aromatic heterocycles. The van der Waals surface area contributed by atoms with E-state index in [9.17, 15) is 0 Å². The maximum absolute atomic E-state index is 4.60. The maximum atomic E-state index is 4.60. The van der Waals surface area contributed by atoms with Crippen LogP contribution in [-0.4, -0.2) is 0 Å². The van der Waals surface area contributed by atoms with Crippen molar-refractivity contribution in [2.75, 3.05) is 4.90 Å². The monoisotopic (exact) mass is 681 g/mol. The molecule has 0 bridgehead atoms. The van der Waals surface area contributed by atoms with Crippen molar-refractivity contribution >= 4 is 17.1 Å². The lowest BCUT2D eigenvalue weighted by atomic mass is 9.74. The Balaban J connectivity index is 1.24. The predicted molar refractivity (Wildman–Crippen MR) is 227 cm³/mol. The molecular weight excluding hydrogens is 639 g/mol. The predicted octanol–water partition coefficient (Wildman–Crippen LogP) is 14.4. The number of fused-ring (bicyclic) bond motifs is 3. The van der Waals surface area contributed by atoms with Crippen molar-refractivity contribution in [2.45, 2.75) is 26.2 Å². The number of hydrogen-bond acceptors (Lipinski definition) is 1.